The van der Waals surface area contributed by atoms with E-state index in [9.17, 15) is 18.0 Å². The van der Waals surface area contributed by atoms with Gasteiger partial charge in [-0.05, 0) is 41.8 Å². The number of unbranched alkanes of at least 4 members (excludes halogenated alkanes) is 1. The summed E-state index contributed by atoms with van der Waals surface area (Å²) in [7, 11) is -1.38. The third kappa shape index (κ3) is 8.66. The van der Waals surface area contributed by atoms with Crippen molar-refractivity contribution in [2.45, 2.75) is 43.7 Å². The molecule has 46 heavy (non-hydrogen) atoms. The minimum Gasteiger partial charge on any atom is -0.497 e. The van der Waals surface area contributed by atoms with Crippen molar-refractivity contribution >= 4 is 27.5 Å². The summed E-state index contributed by atoms with van der Waals surface area (Å²) < 4.78 is 40.5. The van der Waals surface area contributed by atoms with Gasteiger partial charge in [0.25, 0.3) is 10.0 Å². The molecule has 9 nitrogen and oxygen atoms in total. The van der Waals surface area contributed by atoms with Crippen LogP contribution >= 0.6 is 0 Å². The minimum atomic E-state index is -4.29. The molecule has 0 aliphatic heterocycles. The van der Waals surface area contributed by atoms with Gasteiger partial charge in [-0.2, -0.15) is 0 Å². The van der Waals surface area contributed by atoms with Crippen LogP contribution in [-0.2, 0) is 32.6 Å². The zero-order valence-electron chi connectivity index (χ0n) is 26.5. The van der Waals surface area contributed by atoms with E-state index in [0.717, 1.165) is 28.3 Å². The molecular formula is C36H41N3O6S. The maximum Gasteiger partial charge on any atom is 0.264 e. The lowest BCUT2D eigenvalue weighted by atomic mass is 10.0. The quantitative estimate of drug-likeness (QED) is 0.163. The normalized spacial score (nSPS) is 11.7. The molecule has 0 saturated heterocycles. The lowest BCUT2D eigenvalue weighted by Crippen LogP contribution is -2.53. The van der Waals surface area contributed by atoms with Crippen molar-refractivity contribution in [2.75, 3.05) is 31.6 Å². The number of ether oxygens (including phenoxy) is 2. The molecule has 0 fully saturated rings. The van der Waals surface area contributed by atoms with Crippen molar-refractivity contribution in [3.63, 3.8) is 0 Å². The molecule has 1 N–H and O–H groups in total. The zero-order valence-corrected chi connectivity index (χ0v) is 27.3. The molecule has 0 bridgehead atoms. The van der Waals surface area contributed by atoms with E-state index in [4.69, 9.17) is 9.47 Å². The highest BCUT2D eigenvalue weighted by Gasteiger charge is 2.35. The summed E-state index contributed by atoms with van der Waals surface area (Å²) >= 11 is 0. The summed E-state index contributed by atoms with van der Waals surface area (Å²) in [5.74, 6) is -0.242. The molecule has 4 rings (SSSR count). The molecule has 0 saturated carbocycles. The van der Waals surface area contributed by atoms with E-state index < -0.39 is 28.5 Å². The first-order chi connectivity index (χ1) is 22.3. The molecule has 0 radical (unpaired) electrons. The molecule has 0 unspecified atom stereocenters. The van der Waals surface area contributed by atoms with Gasteiger partial charge in [-0.3, -0.25) is 13.9 Å². The fourth-order valence-corrected chi connectivity index (χ4v) is 6.50. The fourth-order valence-electron chi connectivity index (χ4n) is 5.06. The average molecular weight is 644 g/mol. The van der Waals surface area contributed by atoms with Crippen LogP contribution in [0, 0.1) is 0 Å². The Balaban J connectivity index is 1.83. The number of hydrogen-bond donors (Lipinski definition) is 1. The summed E-state index contributed by atoms with van der Waals surface area (Å²) in [6.07, 6.45) is 1.92. The van der Waals surface area contributed by atoms with Crippen LogP contribution in [0.2, 0.25) is 0 Å². The Labute approximate surface area is 271 Å². The maximum atomic E-state index is 14.6. The molecule has 2 amide bonds. The second-order valence-corrected chi connectivity index (χ2v) is 12.6. The Morgan fingerprint density at radius 3 is 2.00 bits per heavy atom. The molecule has 242 valence electrons. The number of anilines is 1. The number of hydrogen-bond acceptors (Lipinski definition) is 6. The summed E-state index contributed by atoms with van der Waals surface area (Å²) in [6, 6.07) is 30.6. The third-order valence-electron chi connectivity index (χ3n) is 7.56. The van der Waals surface area contributed by atoms with Crippen molar-refractivity contribution < 1.29 is 27.5 Å². The Morgan fingerprint density at radius 2 is 1.41 bits per heavy atom. The van der Waals surface area contributed by atoms with E-state index in [2.05, 4.69) is 5.32 Å². The highest BCUT2D eigenvalue weighted by Crippen LogP contribution is 2.36. The fraction of sp³-hybridized carbons (Fsp3) is 0.278. The molecule has 1 atom stereocenters. The highest BCUT2D eigenvalue weighted by molar-refractivity contribution is 7.92. The maximum absolute atomic E-state index is 14.6. The van der Waals surface area contributed by atoms with Gasteiger partial charge in [-0.25, -0.2) is 8.42 Å². The Bertz CT molecular complexity index is 1670. The van der Waals surface area contributed by atoms with E-state index in [1.807, 2.05) is 67.6 Å². The standard InChI is InChI=1S/C36H41N3O6S/c1-4-5-23-37-36(41)33(24-28-15-9-6-10-16-28)38(26-29-17-11-7-12-18-29)35(40)27-39(46(42,43)31-19-13-8-14-20-31)32-25-30(44-2)21-22-34(32)45-3/h6-22,25,33H,4-5,23-24,26-27H2,1-3H3,(H,37,41)/t33-/m1/s1. The van der Waals surface area contributed by atoms with E-state index in [0.29, 0.717) is 12.3 Å². The van der Waals surface area contributed by atoms with Crippen molar-refractivity contribution in [3.05, 3.63) is 120 Å². The monoisotopic (exact) mass is 643 g/mol. The Kier molecular flexibility index (Phi) is 12.2. The van der Waals surface area contributed by atoms with Crippen molar-refractivity contribution in [2.24, 2.45) is 0 Å². The van der Waals surface area contributed by atoms with Crippen LogP contribution in [0.3, 0.4) is 0 Å². The van der Waals surface area contributed by atoms with Crippen molar-refractivity contribution in [3.8, 4) is 11.5 Å². The predicted octanol–water partition coefficient (Wildman–Crippen LogP) is 5.46. The molecule has 0 aliphatic rings. The number of nitrogens with zero attached hydrogens (tertiary/aromatic N) is 2. The minimum absolute atomic E-state index is 0.000395. The highest BCUT2D eigenvalue weighted by atomic mass is 32.2. The van der Waals surface area contributed by atoms with Gasteiger partial charge < -0.3 is 19.7 Å². The molecular weight excluding hydrogens is 602 g/mol. The van der Waals surface area contributed by atoms with Gasteiger partial charge in [0, 0.05) is 25.6 Å². The largest absolute Gasteiger partial charge is 0.497 e. The summed E-state index contributed by atoms with van der Waals surface area (Å²) in [5.41, 5.74) is 1.80. The van der Waals surface area contributed by atoms with E-state index in [1.165, 1.54) is 37.3 Å². The molecule has 0 heterocycles. The van der Waals surface area contributed by atoms with E-state index >= 15 is 0 Å². The average Bonchev–Trinajstić information content (AvgIpc) is 3.09. The van der Waals surface area contributed by atoms with Crippen LogP contribution in [0.25, 0.3) is 0 Å². The van der Waals surface area contributed by atoms with Gasteiger partial charge in [0.05, 0.1) is 24.8 Å². The number of methoxy groups -OCH3 is 2. The Morgan fingerprint density at radius 1 is 0.804 bits per heavy atom. The van der Waals surface area contributed by atoms with Crippen LogP contribution in [0.15, 0.2) is 114 Å². The van der Waals surface area contributed by atoms with Crippen LogP contribution in [0.4, 0.5) is 5.69 Å². The van der Waals surface area contributed by atoms with Crippen LogP contribution in [0.5, 0.6) is 11.5 Å². The molecule has 10 heteroatoms. The summed E-state index contributed by atoms with van der Waals surface area (Å²) in [6.45, 7) is 1.99. The smallest absolute Gasteiger partial charge is 0.264 e. The Hall–Kier alpha value is -4.83. The second kappa shape index (κ2) is 16.5. The van der Waals surface area contributed by atoms with E-state index in [-0.39, 0.29) is 35.2 Å². The van der Waals surface area contributed by atoms with Crippen LogP contribution in [-0.4, -0.2) is 58.5 Å². The van der Waals surface area contributed by atoms with Crippen molar-refractivity contribution in [1.29, 1.82) is 0 Å². The number of amides is 2. The van der Waals surface area contributed by atoms with Crippen molar-refractivity contribution in [1.82, 2.24) is 10.2 Å². The number of benzene rings is 4. The lowest BCUT2D eigenvalue weighted by Gasteiger charge is -2.34. The van der Waals surface area contributed by atoms with Crippen LogP contribution < -0.4 is 19.1 Å². The van der Waals surface area contributed by atoms with Gasteiger partial charge in [0.2, 0.25) is 11.8 Å². The van der Waals surface area contributed by atoms with Gasteiger partial charge in [0.1, 0.15) is 24.1 Å². The molecule has 4 aromatic rings. The SMILES string of the molecule is CCCCNC(=O)[C@@H](Cc1ccccc1)N(Cc1ccccc1)C(=O)CN(c1cc(OC)ccc1OC)S(=O)(=O)c1ccccc1. The summed E-state index contributed by atoms with van der Waals surface area (Å²) in [5, 5.41) is 3.00. The molecule has 0 aliphatic carbocycles. The van der Waals surface area contributed by atoms with Crippen LogP contribution in [0.1, 0.15) is 30.9 Å². The van der Waals surface area contributed by atoms with Gasteiger partial charge in [-0.1, -0.05) is 92.2 Å². The number of nitrogens with one attached hydrogen (secondary N) is 1. The number of sulfonamides is 1. The summed E-state index contributed by atoms with van der Waals surface area (Å²) in [4.78, 5) is 29.9. The number of rotatable bonds is 16. The third-order valence-corrected chi connectivity index (χ3v) is 9.34. The zero-order chi connectivity index (χ0) is 32.9. The first kappa shape index (κ1) is 34.1. The van der Waals surface area contributed by atoms with E-state index in [1.54, 1.807) is 30.3 Å². The number of carbonyl (C=O) groups is 2. The lowest BCUT2D eigenvalue weighted by molar-refractivity contribution is -0.140. The first-order valence-corrected chi connectivity index (χ1v) is 16.7. The second-order valence-electron chi connectivity index (χ2n) is 10.7. The van der Waals surface area contributed by atoms with Gasteiger partial charge in [0.15, 0.2) is 0 Å². The predicted molar refractivity (Wildman–Crippen MR) is 179 cm³/mol. The first-order valence-electron chi connectivity index (χ1n) is 15.2. The van der Waals surface area contributed by atoms with Gasteiger partial charge in [-0.15, -0.1) is 0 Å². The molecule has 4 aromatic carbocycles. The molecule has 0 aromatic heterocycles. The topological polar surface area (TPSA) is 105 Å². The molecule has 0 spiro atoms. The van der Waals surface area contributed by atoms with Gasteiger partial charge >= 0.3 is 0 Å². The number of carbonyl (C=O) groups excluding carboxylic acids is 2.